The fourth-order valence-corrected chi connectivity index (χ4v) is 2.81. The van der Waals surface area contributed by atoms with Crippen molar-refractivity contribution in [2.45, 2.75) is 31.7 Å². The van der Waals surface area contributed by atoms with E-state index in [2.05, 4.69) is 15.4 Å². The molecule has 3 aromatic heterocycles. The number of carbonyl (C=O) groups excluding carboxylic acids is 1. The average Bonchev–Trinajstić information content (AvgIpc) is 3.09. The summed E-state index contributed by atoms with van der Waals surface area (Å²) in [5.74, 6) is -0.480. The minimum Gasteiger partial charge on any atom is -0.319 e. The van der Waals surface area contributed by atoms with E-state index in [1.54, 1.807) is 35.1 Å². The van der Waals surface area contributed by atoms with Crippen molar-refractivity contribution >= 4 is 17.2 Å². The Kier molecular flexibility index (Phi) is 3.51. The van der Waals surface area contributed by atoms with Crippen LogP contribution in [0.5, 0.6) is 0 Å². The number of fused-ring (bicyclic) bond motifs is 1. The molecule has 1 fully saturated rings. The van der Waals surface area contributed by atoms with Gasteiger partial charge in [0, 0.05) is 24.8 Å². The first-order valence-electron chi connectivity index (χ1n) is 7.73. The van der Waals surface area contributed by atoms with Gasteiger partial charge in [-0.3, -0.25) is 9.48 Å². The molecule has 0 atom stereocenters. The first kappa shape index (κ1) is 14.8. The molecule has 1 aliphatic rings. The van der Waals surface area contributed by atoms with Gasteiger partial charge in [-0.1, -0.05) is 0 Å². The number of rotatable bonds is 4. The third kappa shape index (κ3) is 2.44. The van der Waals surface area contributed by atoms with Crippen molar-refractivity contribution in [1.29, 1.82) is 0 Å². The van der Waals surface area contributed by atoms with Crippen LogP contribution in [-0.2, 0) is 0 Å². The molecule has 6 nitrogen and oxygen atoms in total. The Morgan fingerprint density at radius 1 is 1.33 bits per heavy atom. The second kappa shape index (κ2) is 5.70. The number of hydrogen-bond acceptors (Lipinski definition) is 3. The molecule has 8 heteroatoms. The first-order chi connectivity index (χ1) is 11.6. The molecule has 1 N–H and O–H groups in total. The lowest BCUT2D eigenvalue weighted by atomic mass is 9.93. The van der Waals surface area contributed by atoms with Gasteiger partial charge in [0.1, 0.15) is 5.65 Å². The summed E-state index contributed by atoms with van der Waals surface area (Å²) in [4.78, 5) is 16.6. The number of halogens is 2. The quantitative estimate of drug-likeness (QED) is 0.796. The second-order valence-corrected chi connectivity index (χ2v) is 5.83. The van der Waals surface area contributed by atoms with Crippen LogP contribution in [0.2, 0.25) is 0 Å². The molecule has 0 aromatic carbocycles. The molecule has 124 valence electrons. The van der Waals surface area contributed by atoms with E-state index in [-0.39, 0.29) is 11.7 Å². The van der Waals surface area contributed by atoms with E-state index in [1.807, 2.05) is 0 Å². The Morgan fingerprint density at radius 2 is 2.17 bits per heavy atom. The largest absolute Gasteiger partial charge is 0.319 e. The Balaban J connectivity index is 1.64. The zero-order chi connectivity index (χ0) is 16.7. The Hall–Kier alpha value is -2.77. The van der Waals surface area contributed by atoms with Gasteiger partial charge in [0.2, 0.25) is 0 Å². The lowest BCUT2D eigenvalue weighted by Crippen LogP contribution is -2.17. The lowest BCUT2D eigenvalue weighted by Gasteiger charge is -2.25. The average molecular weight is 331 g/mol. The molecule has 24 heavy (non-hydrogen) atoms. The number of alkyl halides is 2. The molecule has 0 aliphatic heterocycles. The topological polar surface area (TPSA) is 64.2 Å². The number of hydrogen-bond donors (Lipinski definition) is 1. The van der Waals surface area contributed by atoms with E-state index in [4.69, 9.17) is 0 Å². The van der Waals surface area contributed by atoms with Crippen molar-refractivity contribution in [3.63, 3.8) is 0 Å². The molecule has 1 saturated carbocycles. The van der Waals surface area contributed by atoms with Gasteiger partial charge >= 0.3 is 0 Å². The minimum absolute atomic E-state index is 0.0529. The number of anilines is 1. The van der Waals surface area contributed by atoms with Crippen molar-refractivity contribution in [2.75, 3.05) is 5.32 Å². The van der Waals surface area contributed by atoms with Gasteiger partial charge in [0.05, 0.1) is 17.3 Å². The van der Waals surface area contributed by atoms with Gasteiger partial charge in [-0.05, 0) is 31.4 Å². The van der Waals surface area contributed by atoms with E-state index >= 15 is 0 Å². The van der Waals surface area contributed by atoms with Crippen molar-refractivity contribution in [3.05, 3.63) is 48.2 Å². The third-order valence-corrected chi connectivity index (χ3v) is 4.33. The number of nitrogens with one attached hydrogen (secondary N) is 1. The Labute approximate surface area is 136 Å². The summed E-state index contributed by atoms with van der Waals surface area (Å²) in [5.41, 5.74) is 0.455. The molecule has 3 heterocycles. The maximum absolute atomic E-state index is 13.2. The predicted octanol–water partition coefficient (Wildman–Crippen LogP) is 3.45. The fourth-order valence-electron chi connectivity index (χ4n) is 2.81. The van der Waals surface area contributed by atoms with E-state index < -0.39 is 18.0 Å². The van der Waals surface area contributed by atoms with Crippen LogP contribution >= 0.6 is 0 Å². The van der Waals surface area contributed by atoms with Gasteiger partial charge in [-0.25, -0.2) is 13.8 Å². The van der Waals surface area contributed by atoms with Crippen LogP contribution in [0.1, 0.15) is 47.8 Å². The van der Waals surface area contributed by atoms with Crippen molar-refractivity contribution < 1.29 is 13.6 Å². The van der Waals surface area contributed by atoms with Crippen LogP contribution in [0.4, 0.5) is 14.5 Å². The van der Waals surface area contributed by atoms with Crippen LogP contribution in [-0.4, -0.2) is 25.1 Å². The standard InChI is InChI=1S/C16H15F2N5O/c17-14(18)13-12(9-23(21-13)10-3-1-4-10)20-16(24)11-5-8-22-7-2-6-19-15(11)22/h2,5-10,14H,1,3-4H2,(H,20,24). The van der Waals surface area contributed by atoms with Gasteiger partial charge in [0.25, 0.3) is 12.3 Å². The molecule has 3 aromatic rings. The summed E-state index contributed by atoms with van der Waals surface area (Å²) in [6.07, 6.45) is 6.70. The third-order valence-electron chi connectivity index (χ3n) is 4.33. The predicted molar refractivity (Wildman–Crippen MR) is 83.2 cm³/mol. The summed E-state index contributed by atoms with van der Waals surface area (Å²) in [5, 5.41) is 6.51. The van der Waals surface area contributed by atoms with Gasteiger partial charge in [-0.2, -0.15) is 5.10 Å². The van der Waals surface area contributed by atoms with Crippen molar-refractivity contribution in [2.24, 2.45) is 0 Å². The smallest absolute Gasteiger partial charge is 0.284 e. The molecule has 0 unspecified atom stereocenters. The molecular weight excluding hydrogens is 316 g/mol. The number of aromatic nitrogens is 4. The van der Waals surface area contributed by atoms with Crippen LogP contribution in [0.25, 0.3) is 5.65 Å². The molecule has 4 rings (SSSR count). The van der Waals surface area contributed by atoms with Crippen molar-refractivity contribution in [1.82, 2.24) is 19.2 Å². The molecule has 0 spiro atoms. The monoisotopic (exact) mass is 331 g/mol. The van der Waals surface area contributed by atoms with Crippen LogP contribution in [0.15, 0.2) is 36.9 Å². The highest BCUT2D eigenvalue weighted by Crippen LogP contribution is 2.34. The van der Waals surface area contributed by atoms with Crippen LogP contribution in [0, 0.1) is 0 Å². The summed E-state index contributed by atoms with van der Waals surface area (Å²) in [6, 6.07) is 3.49. The number of amides is 1. The van der Waals surface area contributed by atoms with E-state index in [0.717, 1.165) is 19.3 Å². The molecule has 1 amide bonds. The maximum atomic E-state index is 13.2. The summed E-state index contributed by atoms with van der Waals surface area (Å²) < 4.78 is 29.7. The van der Waals surface area contributed by atoms with Crippen molar-refractivity contribution in [3.8, 4) is 0 Å². The van der Waals surface area contributed by atoms with Gasteiger partial charge < -0.3 is 9.72 Å². The minimum atomic E-state index is -2.74. The first-order valence-corrected chi connectivity index (χ1v) is 7.73. The highest BCUT2D eigenvalue weighted by Gasteiger charge is 2.26. The Morgan fingerprint density at radius 3 is 2.88 bits per heavy atom. The van der Waals surface area contributed by atoms with Gasteiger partial charge in [-0.15, -0.1) is 0 Å². The molecular formula is C16H15F2N5O. The zero-order valence-electron chi connectivity index (χ0n) is 12.7. The summed E-state index contributed by atoms with van der Waals surface area (Å²) in [6.45, 7) is 0. The second-order valence-electron chi connectivity index (χ2n) is 5.83. The fraction of sp³-hybridized carbons (Fsp3) is 0.312. The highest BCUT2D eigenvalue weighted by molar-refractivity contribution is 6.08. The zero-order valence-corrected chi connectivity index (χ0v) is 12.7. The van der Waals surface area contributed by atoms with E-state index in [1.165, 1.54) is 10.9 Å². The van der Waals surface area contributed by atoms with Crippen LogP contribution in [0.3, 0.4) is 0 Å². The SMILES string of the molecule is O=C(Nc1cn(C2CCC2)nc1C(F)F)c1ccn2cccnc12. The molecule has 1 aliphatic carbocycles. The Bertz CT molecular complexity index is 897. The van der Waals surface area contributed by atoms with Gasteiger partial charge in [0.15, 0.2) is 5.69 Å². The normalized spacial score (nSPS) is 15.0. The molecule has 0 radical (unpaired) electrons. The summed E-state index contributed by atoms with van der Waals surface area (Å²) >= 11 is 0. The number of carbonyl (C=O) groups is 1. The van der Waals surface area contributed by atoms with Crippen LogP contribution < -0.4 is 5.32 Å². The molecule has 0 bridgehead atoms. The number of nitrogens with zero attached hydrogens (tertiary/aromatic N) is 4. The summed E-state index contributed by atoms with van der Waals surface area (Å²) in [7, 11) is 0. The molecule has 0 saturated heterocycles. The van der Waals surface area contributed by atoms with E-state index in [0.29, 0.717) is 11.2 Å². The van der Waals surface area contributed by atoms with E-state index in [9.17, 15) is 13.6 Å². The maximum Gasteiger partial charge on any atom is 0.284 e. The lowest BCUT2D eigenvalue weighted by molar-refractivity contribution is 0.102. The highest BCUT2D eigenvalue weighted by atomic mass is 19.3.